The summed E-state index contributed by atoms with van der Waals surface area (Å²) in [5, 5.41) is 3.83. The number of carbonyl (C=O) groups is 1. The van der Waals surface area contributed by atoms with E-state index in [4.69, 9.17) is 9.47 Å². The van der Waals surface area contributed by atoms with Gasteiger partial charge in [-0.2, -0.15) is 0 Å². The quantitative estimate of drug-likeness (QED) is 0.261. The number of benzene rings is 1. The van der Waals surface area contributed by atoms with Gasteiger partial charge in [0.05, 0.1) is 18.3 Å². The van der Waals surface area contributed by atoms with E-state index >= 15 is 0 Å². The first-order valence-electron chi connectivity index (χ1n) is 10.4. The number of ether oxygens (including phenoxy) is 2. The molecule has 166 valence electrons. The molecule has 0 saturated heterocycles. The van der Waals surface area contributed by atoms with Gasteiger partial charge in [-0.3, -0.25) is 4.79 Å². The van der Waals surface area contributed by atoms with Crippen LogP contribution in [0.15, 0.2) is 70.9 Å². The summed E-state index contributed by atoms with van der Waals surface area (Å²) >= 11 is 1.59. The van der Waals surface area contributed by atoms with E-state index in [9.17, 15) is 4.79 Å². The molecule has 0 aliphatic heterocycles. The zero-order valence-electron chi connectivity index (χ0n) is 18.8. The molecule has 0 spiro atoms. The highest BCUT2D eigenvalue weighted by Crippen LogP contribution is 2.17. The van der Waals surface area contributed by atoms with Gasteiger partial charge in [-0.1, -0.05) is 17.2 Å². The average Bonchev–Trinajstić information content (AvgIpc) is 2.77. The minimum absolute atomic E-state index is 0.0927. The van der Waals surface area contributed by atoms with E-state index in [0.717, 1.165) is 35.1 Å². The molecule has 1 amide bonds. The monoisotopic (exact) mass is 440 g/mol. The number of methoxy groups -OCH3 is 1. The van der Waals surface area contributed by atoms with E-state index in [1.54, 1.807) is 37.2 Å². The van der Waals surface area contributed by atoms with Crippen LogP contribution in [0.1, 0.15) is 44.0 Å². The van der Waals surface area contributed by atoms with E-state index in [-0.39, 0.29) is 5.91 Å². The van der Waals surface area contributed by atoms with Crippen LogP contribution in [-0.2, 0) is 0 Å². The van der Waals surface area contributed by atoms with Crippen molar-refractivity contribution in [1.82, 2.24) is 10.3 Å². The van der Waals surface area contributed by atoms with E-state index in [2.05, 4.69) is 43.2 Å². The van der Waals surface area contributed by atoms with Gasteiger partial charge in [0.1, 0.15) is 18.1 Å². The fourth-order valence-electron chi connectivity index (χ4n) is 2.67. The fourth-order valence-corrected chi connectivity index (χ4v) is 3.37. The van der Waals surface area contributed by atoms with Crippen LogP contribution >= 0.6 is 11.8 Å². The minimum Gasteiger partial charge on any atom is -0.495 e. The van der Waals surface area contributed by atoms with E-state index in [1.165, 1.54) is 11.1 Å². The maximum Gasteiger partial charge on any atom is 0.251 e. The third-order valence-electron chi connectivity index (χ3n) is 4.47. The highest BCUT2D eigenvalue weighted by molar-refractivity contribution is 7.99. The van der Waals surface area contributed by atoms with Gasteiger partial charge in [-0.05, 0) is 76.1 Å². The number of pyridine rings is 1. The highest BCUT2D eigenvalue weighted by Gasteiger charge is 2.05. The summed E-state index contributed by atoms with van der Waals surface area (Å²) in [6, 6.07) is 11.0. The van der Waals surface area contributed by atoms with Gasteiger partial charge in [0.15, 0.2) is 0 Å². The second-order valence-electron chi connectivity index (χ2n) is 7.35. The summed E-state index contributed by atoms with van der Waals surface area (Å²) < 4.78 is 10.9. The SMILES string of the molecule is COc1ccc(SCCNC(=O)c2ccc(OCC=C(C)CCC=C(C)C)cc2)nc1. The molecule has 6 heteroatoms. The highest BCUT2D eigenvalue weighted by atomic mass is 32.2. The van der Waals surface area contributed by atoms with Crippen molar-refractivity contribution < 1.29 is 14.3 Å². The number of amides is 1. The lowest BCUT2D eigenvalue weighted by molar-refractivity contribution is 0.0956. The summed E-state index contributed by atoms with van der Waals surface area (Å²) in [4.78, 5) is 16.6. The molecule has 0 atom stereocenters. The molecule has 1 aromatic carbocycles. The van der Waals surface area contributed by atoms with E-state index in [0.29, 0.717) is 18.7 Å². The van der Waals surface area contributed by atoms with Gasteiger partial charge in [0.25, 0.3) is 5.91 Å². The third kappa shape index (κ3) is 9.75. The van der Waals surface area contributed by atoms with Crippen LogP contribution in [0.25, 0.3) is 0 Å². The molecule has 1 heterocycles. The lowest BCUT2D eigenvalue weighted by Gasteiger charge is -2.07. The molecule has 1 N–H and O–H groups in total. The van der Waals surface area contributed by atoms with Crippen molar-refractivity contribution in [3.05, 3.63) is 71.5 Å². The maximum atomic E-state index is 12.3. The van der Waals surface area contributed by atoms with Crippen LogP contribution in [0.2, 0.25) is 0 Å². The van der Waals surface area contributed by atoms with Crippen molar-refractivity contribution in [2.45, 2.75) is 38.6 Å². The molecule has 0 saturated carbocycles. The number of hydrogen-bond donors (Lipinski definition) is 1. The number of hydrogen-bond acceptors (Lipinski definition) is 5. The van der Waals surface area contributed by atoms with E-state index < -0.39 is 0 Å². The van der Waals surface area contributed by atoms with Crippen LogP contribution in [0.4, 0.5) is 0 Å². The number of aromatic nitrogens is 1. The summed E-state index contributed by atoms with van der Waals surface area (Å²) in [5.74, 6) is 2.14. The number of nitrogens with one attached hydrogen (secondary N) is 1. The van der Waals surface area contributed by atoms with Gasteiger partial charge in [-0.15, -0.1) is 11.8 Å². The van der Waals surface area contributed by atoms with Crippen molar-refractivity contribution >= 4 is 17.7 Å². The Labute approximate surface area is 189 Å². The molecule has 0 aliphatic rings. The topological polar surface area (TPSA) is 60.5 Å². The van der Waals surface area contributed by atoms with Crippen LogP contribution in [0.3, 0.4) is 0 Å². The molecular weight excluding hydrogens is 408 g/mol. The van der Waals surface area contributed by atoms with Crippen LogP contribution in [-0.4, -0.2) is 36.9 Å². The molecule has 0 unspecified atom stereocenters. The Balaban J connectivity index is 1.69. The van der Waals surface area contributed by atoms with Crippen LogP contribution in [0, 0.1) is 0 Å². The Morgan fingerprint density at radius 2 is 1.81 bits per heavy atom. The smallest absolute Gasteiger partial charge is 0.251 e. The van der Waals surface area contributed by atoms with Crippen molar-refractivity contribution in [2.75, 3.05) is 26.0 Å². The third-order valence-corrected chi connectivity index (χ3v) is 5.42. The van der Waals surface area contributed by atoms with Gasteiger partial charge in [0.2, 0.25) is 0 Å². The second-order valence-corrected chi connectivity index (χ2v) is 8.46. The van der Waals surface area contributed by atoms with Gasteiger partial charge in [-0.25, -0.2) is 4.98 Å². The minimum atomic E-state index is -0.0927. The number of nitrogens with zero attached hydrogens (tertiary/aromatic N) is 1. The molecule has 0 fully saturated rings. The summed E-state index contributed by atoms with van der Waals surface area (Å²) in [5.41, 5.74) is 3.28. The first kappa shape index (κ1) is 24.5. The largest absolute Gasteiger partial charge is 0.495 e. The molecule has 2 aromatic rings. The predicted molar refractivity (Wildman–Crippen MR) is 128 cm³/mol. The number of thioether (sulfide) groups is 1. The normalized spacial score (nSPS) is 11.0. The molecular formula is C25H32N2O3S. The molecule has 1 aromatic heterocycles. The van der Waals surface area contributed by atoms with Gasteiger partial charge in [0, 0.05) is 17.9 Å². The maximum absolute atomic E-state index is 12.3. The Hall–Kier alpha value is -2.73. The summed E-state index contributed by atoms with van der Waals surface area (Å²) in [6.07, 6.45) is 8.14. The number of allylic oxidation sites excluding steroid dienone is 3. The zero-order valence-corrected chi connectivity index (χ0v) is 19.6. The molecule has 0 bridgehead atoms. The standard InChI is InChI=1S/C25H32N2O3S/c1-19(2)6-5-7-20(3)14-16-30-22-10-8-21(9-11-22)25(28)26-15-17-31-24-13-12-23(29-4)18-27-24/h6,8-14,18H,5,7,15-17H2,1-4H3,(H,26,28). The predicted octanol–water partition coefficient (Wildman–Crippen LogP) is 5.68. The lowest BCUT2D eigenvalue weighted by Crippen LogP contribution is -2.25. The molecule has 5 nitrogen and oxygen atoms in total. The first-order valence-corrected chi connectivity index (χ1v) is 11.4. The van der Waals surface area contributed by atoms with Crippen molar-refractivity contribution in [3.8, 4) is 11.5 Å². The Morgan fingerprint density at radius 3 is 2.45 bits per heavy atom. The van der Waals surface area contributed by atoms with Crippen molar-refractivity contribution in [1.29, 1.82) is 0 Å². The van der Waals surface area contributed by atoms with Gasteiger partial charge >= 0.3 is 0 Å². The fraction of sp³-hybridized carbons (Fsp3) is 0.360. The lowest BCUT2D eigenvalue weighted by atomic mass is 10.1. The molecule has 2 rings (SSSR count). The Bertz CT molecular complexity index is 871. The van der Waals surface area contributed by atoms with Crippen molar-refractivity contribution in [2.24, 2.45) is 0 Å². The Morgan fingerprint density at radius 1 is 1.06 bits per heavy atom. The molecule has 0 aliphatic carbocycles. The van der Waals surface area contributed by atoms with Gasteiger partial charge < -0.3 is 14.8 Å². The summed E-state index contributed by atoms with van der Waals surface area (Å²) in [7, 11) is 1.62. The van der Waals surface area contributed by atoms with Crippen molar-refractivity contribution in [3.63, 3.8) is 0 Å². The second kappa shape index (κ2) is 13.5. The van der Waals surface area contributed by atoms with E-state index in [1.807, 2.05) is 24.3 Å². The molecule has 0 radical (unpaired) electrons. The number of rotatable bonds is 12. The molecule has 31 heavy (non-hydrogen) atoms. The Kier molecular flexibility index (Phi) is 10.7. The average molecular weight is 441 g/mol. The first-order chi connectivity index (χ1) is 15.0. The zero-order chi connectivity index (χ0) is 22.5. The van der Waals surface area contributed by atoms with Crippen LogP contribution < -0.4 is 14.8 Å². The summed E-state index contributed by atoms with van der Waals surface area (Å²) in [6.45, 7) is 7.45. The number of carbonyl (C=O) groups excluding carboxylic acids is 1. The van der Waals surface area contributed by atoms with Crippen LogP contribution in [0.5, 0.6) is 11.5 Å².